The summed E-state index contributed by atoms with van der Waals surface area (Å²) in [5, 5.41) is 0.274. The first-order valence-corrected chi connectivity index (χ1v) is 10.6. The lowest BCUT2D eigenvalue weighted by Crippen LogP contribution is -2.37. The van der Waals surface area contributed by atoms with Gasteiger partial charge in [0.1, 0.15) is 11.5 Å². The molecule has 6 nitrogen and oxygen atoms in total. The molecular formula is C26H20F2N2O4. The van der Waals surface area contributed by atoms with E-state index in [0.29, 0.717) is 28.3 Å². The standard InChI is InChI=1S/C26H20F2N2O4/c1-30(26(32)15-6-5-9-17(10-15)34-16-7-3-2-4-8-16)23-14-33-13-22-24(23)18-11-20(27)21(28)12-19(18)25(31)29-22/h2-12,23H,13-14H2,1H3,(H,29,31). The van der Waals surface area contributed by atoms with E-state index in [1.165, 1.54) is 4.90 Å². The van der Waals surface area contributed by atoms with Crippen molar-refractivity contribution < 1.29 is 23.0 Å². The third-order valence-electron chi connectivity index (χ3n) is 5.89. The first kappa shape index (κ1) is 21.8. The predicted molar refractivity (Wildman–Crippen MR) is 122 cm³/mol. The van der Waals surface area contributed by atoms with Gasteiger partial charge in [0.2, 0.25) is 0 Å². The number of nitrogens with zero attached hydrogens (tertiary/aromatic N) is 1. The lowest BCUT2D eigenvalue weighted by molar-refractivity contribution is 0.0335. The summed E-state index contributed by atoms with van der Waals surface area (Å²) < 4.78 is 39.4. The highest BCUT2D eigenvalue weighted by Crippen LogP contribution is 2.34. The zero-order valence-electron chi connectivity index (χ0n) is 18.2. The molecule has 1 atom stereocenters. The van der Waals surface area contributed by atoms with Crippen LogP contribution in [-0.4, -0.2) is 29.4 Å². The number of aromatic nitrogens is 1. The summed E-state index contributed by atoms with van der Waals surface area (Å²) in [4.78, 5) is 30.0. The van der Waals surface area contributed by atoms with Crippen LogP contribution in [-0.2, 0) is 11.3 Å². The Kier molecular flexibility index (Phi) is 5.59. The maximum atomic E-state index is 14.1. The summed E-state index contributed by atoms with van der Waals surface area (Å²) in [6, 6.07) is 17.2. The number of halogens is 2. The van der Waals surface area contributed by atoms with Gasteiger partial charge in [-0.25, -0.2) is 8.78 Å². The Labute approximate surface area is 193 Å². The maximum absolute atomic E-state index is 14.1. The van der Waals surface area contributed by atoms with Gasteiger partial charge >= 0.3 is 0 Å². The molecular weight excluding hydrogens is 442 g/mol. The highest BCUT2D eigenvalue weighted by Gasteiger charge is 2.31. The lowest BCUT2D eigenvalue weighted by Gasteiger charge is -2.34. The fourth-order valence-corrected chi connectivity index (χ4v) is 4.21. The number of nitrogens with one attached hydrogen (secondary N) is 1. The number of ether oxygens (including phenoxy) is 2. The SMILES string of the molecule is CN(C(=O)c1cccc(Oc2ccccc2)c1)C1COCc2[nH]c(=O)c3cc(F)c(F)cc3c21. The quantitative estimate of drug-likeness (QED) is 0.466. The van der Waals surface area contributed by atoms with Crippen LogP contribution in [0.2, 0.25) is 0 Å². The van der Waals surface area contributed by atoms with E-state index >= 15 is 0 Å². The van der Waals surface area contributed by atoms with Gasteiger partial charge in [0.25, 0.3) is 11.5 Å². The van der Waals surface area contributed by atoms with Crippen molar-refractivity contribution in [2.24, 2.45) is 0 Å². The van der Waals surface area contributed by atoms with Gasteiger partial charge in [-0.15, -0.1) is 0 Å². The maximum Gasteiger partial charge on any atom is 0.256 e. The van der Waals surface area contributed by atoms with Crippen LogP contribution < -0.4 is 10.3 Å². The molecule has 3 aromatic carbocycles. The van der Waals surface area contributed by atoms with Crippen molar-refractivity contribution in [3.05, 3.63) is 106 Å². The molecule has 172 valence electrons. The summed E-state index contributed by atoms with van der Waals surface area (Å²) in [6.07, 6.45) is 0. The van der Waals surface area contributed by atoms with Gasteiger partial charge in [-0.05, 0) is 47.9 Å². The number of para-hydroxylation sites is 1. The average molecular weight is 462 g/mol. The Hall–Kier alpha value is -4.04. The lowest BCUT2D eigenvalue weighted by atomic mass is 9.95. The van der Waals surface area contributed by atoms with E-state index in [1.54, 1.807) is 31.3 Å². The molecule has 5 rings (SSSR count). The summed E-state index contributed by atoms with van der Waals surface area (Å²) in [7, 11) is 1.60. The van der Waals surface area contributed by atoms with Crippen molar-refractivity contribution in [2.75, 3.05) is 13.7 Å². The van der Waals surface area contributed by atoms with Crippen molar-refractivity contribution in [1.82, 2.24) is 9.88 Å². The summed E-state index contributed by atoms with van der Waals surface area (Å²) in [5.41, 5.74) is 0.804. The Morgan fingerprint density at radius 3 is 2.47 bits per heavy atom. The third kappa shape index (κ3) is 3.92. The van der Waals surface area contributed by atoms with Crippen LogP contribution in [0.15, 0.2) is 71.5 Å². The number of amides is 1. The molecule has 0 saturated heterocycles. The first-order valence-electron chi connectivity index (χ1n) is 10.6. The number of benzene rings is 3. The summed E-state index contributed by atoms with van der Waals surface area (Å²) in [6.45, 7) is 0.230. The monoisotopic (exact) mass is 462 g/mol. The Morgan fingerprint density at radius 1 is 1.00 bits per heavy atom. The number of rotatable bonds is 4. The van der Waals surface area contributed by atoms with E-state index in [2.05, 4.69) is 4.98 Å². The van der Waals surface area contributed by atoms with E-state index in [1.807, 2.05) is 30.3 Å². The fraction of sp³-hybridized carbons (Fsp3) is 0.154. The molecule has 0 aliphatic carbocycles. The van der Waals surface area contributed by atoms with Crippen LogP contribution in [0.3, 0.4) is 0 Å². The molecule has 2 heterocycles. The third-order valence-corrected chi connectivity index (χ3v) is 5.89. The topological polar surface area (TPSA) is 71.6 Å². The molecule has 1 N–H and O–H groups in total. The number of carbonyl (C=O) groups excluding carboxylic acids is 1. The highest BCUT2D eigenvalue weighted by atomic mass is 19.2. The van der Waals surface area contributed by atoms with Crippen molar-refractivity contribution in [1.29, 1.82) is 0 Å². The van der Waals surface area contributed by atoms with Crippen molar-refractivity contribution in [3.63, 3.8) is 0 Å². The normalized spacial score (nSPS) is 15.1. The molecule has 8 heteroatoms. The number of likely N-dealkylation sites (N-methyl/N-ethyl adjacent to an activating group) is 1. The van der Waals surface area contributed by atoms with E-state index in [9.17, 15) is 18.4 Å². The van der Waals surface area contributed by atoms with Gasteiger partial charge in [0.05, 0.1) is 24.6 Å². The second-order valence-corrected chi connectivity index (χ2v) is 8.05. The molecule has 1 unspecified atom stereocenters. The molecule has 4 aromatic rings. The van der Waals surface area contributed by atoms with Crippen molar-refractivity contribution in [3.8, 4) is 11.5 Å². The molecule has 1 aliphatic rings. The first-order chi connectivity index (χ1) is 16.4. The smallest absolute Gasteiger partial charge is 0.256 e. The van der Waals surface area contributed by atoms with Crippen molar-refractivity contribution >= 4 is 16.7 Å². The van der Waals surface area contributed by atoms with Crippen LogP contribution in [0, 0.1) is 11.6 Å². The minimum atomic E-state index is -1.11. The molecule has 0 fully saturated rings. The van der Waals surface area contributed by atoms with Crippen LogP contribution in [0.25, 0.3) is 10.8 Å². The predicted octanol–water partition coefficient (Wildman–Crippen LogP) is 4.94. The van der Waals surface area contributed by atoms with Gasteiger partial charge in [0.15, 0.2) is 11.6 Å². The fourth-order valence-electron chi connectivity index (χ4n) is 4.21. The highest BCUT2D eigenvalue weighted by molar-refractivity contribution is 5.95. The number of carbonyl (C=O) groups is 1. The van der Waals surface area contributed by atoms with Gasteiger partial charge in [-0.2, -0.15) is 0 Å². The molecule has 0 radical (unpaired) electrons. The van der Waals surface area contributed by atoms with Crippen LogP contribution in [0.4, 0.5) is 8.78 Å². The molecule has 0 saturated carbocycles. The van der Waals surface area contributed by atoms with Crippen molar-refractivity contribution in [2.45, 2.75) is 12.6 Å². The Bertz CT molecular complexity index is 1450. The van der Waals surface area contributed by atoms with Crippen LogP contribution in [0.1, 0.15) is 27.7 Å². The average Bonchev–Trinajstić information content (AvgIpc) is 2.85. The number of pyridine rings is 1. The second kappa shape index (κ2) is 8.72. The minimum absolute atomic E-state index is 0.0173. The van der Waals surface area contributed by atoms with E-state index < -0.39 is 23.2 Å². The second-order valence-electron chi connectivity index (χ2n) is 8.05. The number of H-pyrrole nitrogens is 1. The molecule has 1 aliphatic heterocycles. The minimum Gasteiger partial charge on any atom is -0.457 e. The number of hydrogen-bond acceptors (Lipinski definition) is 4. The van der Waals surface area contributed by atoms with E-state index in [4.69, 9.17) is 9.47 Å². The summed E-state index contributed by atoms with van der Waals surface area (Å²) >= 11 is 0. The van der Waals surface area contributed by atoms with Gasteiger partial charge in [-0.1, -0.05) is 24.3 Å². The van der Waals surface area contributed by atoms with Gasteiger partial charge in [-0.3, -0.25) is 9.59 Å². The number of aromatic amines is 1. The molecule has 1 aromatic heterocycles. The van der Waals surface area contributed by atoms with Gasteiger partial charge < -0.3 is 19.4 Å². The molecule has 0 bridgehead atoms. The van der Waals surface area contributed by atoms with E-state index in [0.717, 1.165) is 12.1 Å². The largest absolute Gasteiger partial charge is 0.457 e. The molecule has 1 amide bonds. The van der Waals surface area contributed by atoms with E-state index in [-0.39, 0.29) is 29.9 Å². The molecule has 34 heavy (non-hydrogen) atoms. The van der Waals surface area contributed by atoms with Gasteiger partial charge in [0, 0.05) is 23.9 Å². The Morgan fingerprint density at radius 2 is 1.71 bits per heavy atom. The number of fused-ring (bicyclic) bond motifs is 3. The Balaban J connectivity index is 1.51. The molecule has 0 spiro atoms. The zero-order valence-corrected chi connectivity index (χ0v) is 18.2. The summed E-state index contributed by atoms with van der Waals surface area (Å²) in [5.74, 6) is -1.36. The van der Waals surface area contributed by atoms with Crippen LogP contribution in [0.5, 0.6) is 11.5 Å². The zero-order chi connectivity index (χ0) is 23.8. The number of hydrogen-bond donors (Lipinski definition) is 1. The van der Waals surface area contributed by atoms with Crippen LogP contribution >= 0.6 is 0 Å².